The summed E-state index contributed by atoms with van der Waals surface area (Å²) in [5.41, 5.74) is 1.96. The number of para-hydroxylation sites is 1. The van der Waals surface area contributed by atoms with E-state index >= 15 is 0 Å². The molecular formula is C18H22FNO2. The van der Waals surface area contributed by atoms with Gasteiger partial charge in [-0.1, -0.05) is 37.3 Å². The molecule has 2 aromatic carbocycles. The zero-order chi connectivity index (χ0) is 15.8. The van der Waals surface area contributed by atoms with E-state index in [4.69, 9.17) is 4.74 Å². The fourth-order valence-electron chi connectivity index (χ4n) is 2.12. The normalized spacial score (nSPS) is 12.1. The van der Waals surface area contributed by atoms with Crippen LogP contribution in [0.5, 0.6) is 5.75 Å². The largest absolute Gasteiger partial charge is 0.489 e. The van der Waals surface area contributed by atoms with E-state index in [1.165, 1.54) is 12.1 Å². The molecule has 0 aliphatic rings. The molecule has 0 saturated heterocycles. The summed E-state index contributed by atoms with van der Waals surface area (Å²) in [6.45, 7) is 3.19. The molecule has 0 spiro atoms. The summed E-state index contributed by atoms with van der Waals surface area (Å²) in [7, 11) is 0. The van der Waals surface area contributed by atoms with Gasteiger partial charge in [-0.05, 0) is 30.2 Å². The third kappa shape index (κ3) is 4.83. The number of hydrogen-bond donors (Lipinski definition) is 2. The third-order valence-electron chi connectivity index (χ3n) is 3.57. The summed E-state index contributed by atoms with van der Waals surface area (Å²) in [5.74, 6) is 0.551. The van der Waals surface area contributed by atoms with Crippen LogP contribution < -0.4 is 10.1 Å². The van der Waals surface area contributed by atoms with Crippen LogP contribution in [0.15, 0.2) is 48.5 Å². The molecule has 3 nitrogen and oxygen atoms in total. The number of halogens is 1. The van der Waals surface area contributed by atoms with Gasteiger partial charge < -0.3 is 15.2 Å². The summed E-state index contributed by atoms with van der Waals surface area (Å²) in [6, 6.07) is 14.2. The minimum atomic E-state index is -0.247. The summed E-state index contributed by atoms with van der Waals surface area (Å²) >= 11 is 0. The number of benzene rings is 2. The van der Waals surface area contributed by atoms with Gasteiger partial charge in [0.1, 0.15) is 18.2 Å². The minimum absolute atomic E-state index is 0.0881. The molecule has 118 valence electrons. The van der Waals surface area contributed by atoms with E-state index in [0.717, 1.165) is 23.3 Å². The van der Waals surface area contributed by atoms with E-state index in [-0.39, 0.29) is 18.5 Å². The summed E-state index contributed by atoms with van der Waals surface area (Å²) in [6.07, 6.45) is 0.870. The molecule has 1 atom stereocenters. The van der Waals surface area contributed by atoms with Crippen molar-refractivity contribution in [2.24, 2.45) is 0 Å². The zero-order valence-electron chi connectivity index (χ0n) is 12.8. The highest BCUT2D eigenvalue weighted by Gasteiger charge is 2.07. The van der Waals surface area contributed by atoms with Crippen LogP contribution in [0.25, 0.3) is 0 Å². The number of rotatable bonds is 8. The first kappa shape index (κ1) is 16.5. The molecule has 0 aliphatic heterocycles. The Morgan fingerprint density at radius 2 is 1.86 bits per heavy atom. The second-order valence-electron chi connectivity index (χ2n) is 5.19. The monoisotopic (exact) mass is 303 g/mol. The standard InChI is InChI=1S/C18H22FNO2/c1-2-17(12-21)20-11-15-5-3-4-6-18(15)22-13-14-7-9-16(19)10-8-14/h3-10,17,20-21H,2,11-13H2,1H3. The Labute approximate surface area is 130 Å². The molecular weight excluding hydrogens is 281 g/mol. The van der Waals surface area contributed by atoms with Crippen LogP contribution in [0.1, 0.15) is 24.5 Å². The second kappa shape index (κ2) is 8.51. The Bertz CT molecular complexity index is 568. The van der Waals surface area contributed by atoms with E-state index in [1.54, 1.807) is 12.1 Å². The Hall–Kier alpha value is -1.91. The van der Waals surface area contributed by atoms with Crippen LogP contribution in [-0.4, -0.2) is 17.8 Å². The second-order valence-corrected chi connectivity index (χ2v) is 5.19. The van der Waals surface area contributed by atoms with Crippen molar-refractivity contribution in [1.82, 2.24) is 5.32 Å². The zero-order valence-corrected chi connectivity index (χ0v) is 12.8. The Morgan fingerprint density at radius 3 is 2.55 bits per heavy atom. The van der Waals surface area contributed by atoms with Gasteiger partial charge in [-0.25, -0.2) is 4.39 Å². The fourth-order valence-corrected chi connectivity index (χ4v) is 2.12. The van der Waals surface area contributed by atoms with Crippen LogP contribution in [0, 0.1) is 5.82 Å². The highest BCUT2D eigenvalue weighted by atomic mass is 19.1. The summed E-state index contributed by atoms with van der Waals surface area (Å²) in [4.78, 5) is 0. The third-order valence-corrected chi connectivity index (χ3v) is 3.57. The van der Waals surface area contributed by atoms with E-state index < -0.39 is 0 Å². The van der Waals surface area contributed by atoms with Gasteiger partial charge in [0.2, 0.25) is 0 Å². The van der Waals surface area contributed by atoms with Crippen molar-refractivity contribution in [3.63, 3.8) is 0 Å². The first-order valence-electron chi connectivity index (χ1n) is 7.52. The van der Waals surface area contributed by atoms with Crippen molar-refractivity contribution in [2.75, 3.05) is 6.61 Å². The molecule has 2 aromatic rings. The number of aliphatic hydroxyl groups is 1. The van der Waals surface area contributed by atoms with Crippen LogP contribution in [0.3, 0.4) is 0 Å². The predicted molar refractivity (Wildman–Crippen MR) is 85.2 cm³/mol. The van der Waals surface area contributed by atoms with E-state index in [2.05, 4.69) is 5.32 Å². The van der Waals surface area contributed by atoms with Crippen LogP contribution in [0.2, 0.25) is 0 Å². The molecule has 0 bridgehead atoms. The van der Waals surface area contributed by atoms with Gasteiger partial charge in [0, 0.05) is 18.2 Å². The van der Waals surface area contributed by atoms with Gasteiger partial charge >= 0.3 is 0 Å². The van der Waals surface area contributed by atoms with Crippen molar-refractivity contribution in [3.05, 3.63) is 65.5 Å². The molecule has 4 heteroatoms. The average Bonchev–Trinajstić information content (AvgIpc) is 2.56. The molecule has 2 N–H and O–H groups in total. The highest BCUT2D eigenvalue weighted by Crippen LogP contribution is 2.19. The molecule has 0 aromatic heterocycles. The van der Waals surface area contributed by atoms with Crippen LogP contribution in [-0.2, 0) is 13.2 Å². The smallest absolute Gasteiger partial charge is 0.124 e. The van der Waals surface area contributed by atoms with E-state index in [1.807, 2.05) is 31.2 Å². The molecule has 22 heavy (non-hydrogen) atoms. The lowest BCUT2D eigenvalue weighted by Crippen LogP contribution is -2.31. The molecule has 1 unspecified atom stereocenters. The minimum Gasteiger partial charge on any atom is -0.489 e. The molecule has 0 fully saturated rings. The highest BCUT2D eigenvalue weighted by molar-refractivity contribution is 5.33. The van der Waals surface area contributed by atoms with Crippen molar-refractivity contribution < 1.29 is 14.2 Å². The van der Waals surface area contributed by atoms with Gasteiger partial charge in [0.05, 0.1) is 6.61 Å². The molecule has 0 saturated carbocycles. The van der Waals surface area contributed by atoms with E-state index in [0.29, 0.717) is 13.2 Å². The van der Waals surface area contributed by atoms with Crippen LogP contribution >= 0.6 is 0 Å². The topological polar surface area (TPSA) is 41.5 Å². The molecule has 0 radical (unpaired) electrons. The molecule has 2 rings (SSSR count). The number of ether oxygens (including phenoxy) is 1. The summed E-state index contributed by atoms with van der Waals surface area (Å²) < 4.78 is 18.7. The van der Waals surface area contributed by atoms with Crippen molar-refractivity contribution in [3.8, 4) is 5.75 Å². The van der Waals surface area contributed by atoms with Gasteiger partial charge in [-0.15, -0.1) is 0 Å². The maximum Gasteiger partial charge on any atom is 0.124 e. The van der Waals surface area contributed by atoms with Gasteiger partial charge in [-0.2, -0.15) is 0 Å². The molecule has 0 amide bonds. The Morgan fingerprint density at radius 1 is 1.14 bits per heavy atom. The Balaban J connectivity index is 1.97. The van der Waals surface area contributed by atoms with Crippen LogP contribution in [0.4, 0.5) is 4.39 Å². The lowest BCUT2D eigenvalue weighted by atomic mass is 10.1. The quantitative estimate of drug-likeness (QED) is 0.786. The molecule has 0 aliphatic carbocycles. The molecule has 0 heterocycles. The SMILES string of the molecule is CCC(CO)NCc1ccccc1OCc1ccc(F)cc1. The fraction of sp³-hybridized carbons (Fsp3) is 0.333. The predicted octanol–water partition coefficient (Wildman–Crippen LogP) is 3.27. The maximum absolute atomic E-state index is 12.9. The van der Waals surface area contributed by atoms with Crippen molar-refractivity contribution in [1.29, 1.82) is 0 Å². The average molecular weight is 303 g/mol. The van der Waals surface area contributed by atoms with Gasteiger partial charge in [0.15, 0.2) is 0 Å². The van der Waals surface area contributed by atoms with Gasteiger partial charge in [-0.3, -0.25) is 0 Å². The first-order chi connectivity index (χ1) is 10.7. The lowest BCUT2D eigenvalue weighted by molar-refractivity contribution is 0.237. The number of hydrogen-bond acceptors (Lipinski definition) is 3. The number of aliphatic hydroxyl groups excluding tert-OH is 1. The Kier molecular flexibility index (Phi) is 6.37. The van der Waals surface area contributed by atoms with Gasteiger partial charge in [0.25, 0.3) is 0 Å². The number of nitrogens with one attached hydrogen (secondary N) is 1. The lowest BCUT2D eigenvalue weighted by Gasteiger charge is -2.16. The van der Waals surface area contributed by atoms with Crippen molar-refractivity contribution >= 4 is 0 Å². The summed E-state index contributed by atoms with van der Waals surface area (Å²) in [5, 5.41) is 12.5. The first-order valence-corrected chi connectivity index (χ1v) is 7.52. The van der Waals surface area contributed by atoms with Crippen molar-refractivity contribution in [2.45, 2.75) is 32.5 Å². The maximum atomic E-state index is 12.9. The van der Waals surface area contributed by atoms with E-state index in [9.17, 15) is 9.50 Å².